The van der Waals surface area contributed by atoms with Crippen LogP contribution in [0.4, 0.5) is 5.69 Å². The van der Waals surface area contributed by atoms with Crippen LogP contribution in [0.15, 0.2) is 88.2 Å². The maximum atomic E-state index is 12.9. The normalized spacial score (nSPS) is 11.9. The van der Waals surface area contributed by atoms with Crippen molar-refractivity contribution in [3.05, 3.63) is 78.9 Å². The topological polar surface area (TPSA) is 68.5 Å². The number of para-hydroxylation sites is 1. The van der Waals surface area contributed by atoms with E-state index in [9.17, 15) is 8.42 Å². The van der Waals surface area contributed by atoms with Crippen molar-refractivity contribution in [3.8, 4) is 5.75 Å². The minimum absolute atomic E-state index is 0.194. The molecule has 1 heterocycles. The molecule has 1 aromatic heterocycles. The molecule has 6 heteroatoms. The lowest BCUT2D eigenvalue weighted by Crippen LogP contribution is -2.12. The summed E-state index contributed by atoms with van der Waals surface area (Å²) in [4.78, 5) is 0.194. The number of anilines is 1. The lowest BCUT2D eigenvalue weighted by molar-refractivity contribution is 0.415. The summed E-state index contributed by atoms with van der Waals surface area (Å²) in [5.41, 5.74) is 1.86. The zero-order valence-corrected chi connectivity index (χ0v) is 16.4. The zero-order valence-electron chi connectivity index (χ0n) is 15.5. The van der Waals surface area contributed by atoms with E-state index in [0.717, 1.165) is 32.9 Å². The van der Waals surface area contributed by atoms with Crippen molar-refractivity contribution in [2.45, 2.75) is 4.90 Å². The predicted octanol–water partition coefficient (Wildman–Crippen LogP) is 5.55. The molecular weight excluding hydrogens is 386 g/mol. The first-order valence-corrected chi connectivity index (χ1v) is 10.5. The van der Waals surface area contributed by atoms with Crippen LogP contribution in [0, 0.1) is 0 Å². The van der Waals surface area contributed by atoms with Gasteiger partial charge >= 0.3 is 0 Å². The Morgan fingerprint density at radius 2 is 1.55 bits per heavy atom. The van der Waals surface area contributed by atoms with Gasteiger partial charge in [-0.1, -0.05) is 30.3 Å². The van der Waals surface area contributed by atoms with Crippen LogP contribution >= 0.6 is 0 Å². The van der Waals surface area contributed by atoms with E-state index in [1.165, 1.54) is 0 Å². The van der Waals surface area contributed by atoms with Crippen molar-refractivity contribution in [1.82, 2.24) is 0 Å². The first-order chi connectivity index (χ1) is 14.0. The van der Waals surface area contributed by atoms with E-state index in [-0.39, 0.29) is 4.90 Å². The maximum Gasteiger partial charge on any atom is 0.261 e. The highest BCUT2D eigenvalue weighted by molar-refractivity contribution is 7.92. The number of hydrogen-bond donors (Lipinski definition) is 1. The van der Waals surface area contributed by atoms with Crippen molar-refractivity contribution in [3.63, 3.8) is 0 Å². The molecule has 0 aliphatic rings. The van der Waals surface area contributed by atoms with Gasteiger partial charge in [0.25, 0.3) is 10.0 Å². The molecule has 1 N–H and O–H groups in total. The summed E-state index contributed by atoms with van der Waals surface area (Å²) in [6.07, 6.45) is 0. The van der Waals surface area contributed by atoms with Gasteiger partial charge in [-0.15, -0.1) is 0 Å². The first-order valence-electron chi connectivity index (χ1n) is 9.05. The van der Waals surface area contributed by atoms with Crippen molar-refractivity contribution < 1.29 is 17.6 Å². The molecule has 0 aliphatic carbocycles. The number of methoxy groups -OCH3 is 1. The minimum atomic E-state index is -3.74. The van der Waals surface area contributed by atoms with Gasteiger partial charge in [0.05, 0.1) is 17.7 Å². The molecule has 0 atom stereocenters. The summed E-state index contributed by atoms with van der Waals surface area (Å²) >= 11 is 0. The van der Waals surface area contributed by atoms with E-state index in [4.69, 9.17) is 9.15 Å². The highest BCUT2D eigenvalue weighted by Gasteiger charge is 2.16. The highest BCUT2D eigenvalue weighted by atomic mass is 32.2. The number of benzene rings is 4. The van der Waals surface area contributed by atoms with Crippen LogP contribution in [-0.2, 0) is 10.0 Å². The molecule has 5 aromatic rings. The summed E-state index contributed by atoms with van der Waals surface area (Å²) < 4.78 is 39.5. The molecule has 0 aliphatic heterocycles. The molecule has 0 saturated heterocycles. The monoisotopic (exact) mass is 403 g/mol. The lowest BCUT2D eigenvalue weighted by Gasteiger charge is -2.09. The Labute approximate surface area is 167 Å². The molecular formula is C23H17NO4S. The molecule has 0 spiro atoms. The summed E-state index contributed by atoms with van der Waals surface area (Å²) in [6.45, 7) is 0. The fraction of sp³-hybridized carbons (Fsp3) is 0.0435. The van der Waals surface area contributed by atoms with Crippen molar-refractivity contribution in [2.24, 2.45) is 0 Å². The van der Waals surface area contributed by atoms with Crippen molar-refractivity contribution in [2.75, 3.05) is 11.8 Å². The number of rotatable bonds is 4. The van der Waals surface area contributed by atoms with Gasteiger partial charge in [0.15, 0.2) is 0 Å². The predicted molar refractivity (Wildman–Crippen MR) is 115 cm³/mol. The van der Waals surface area contributed by atoms with E-state index in [1.54, 1.807) is 37.4 Å². The third kappa shape index (κ3) is 3.07. The largest absolute Gasteiger partial charge is 0.497 e. The van der Waals surface area contributed by atoms with E-state index < -0.39 is 10.0 Å². The average Bonchev–Trinajstić information content (AvgIpc) is 3.10. The lowest BCUT2D eigenvalue weighted by atomic mass is 10.1. The van der Waals surface area contributed by atoms with Crippen LogP contribution in [0.5, 0.6) is 5.75 Å². The molecule has 0 bridgehead atoms. The Hall–Kier alpha value is -3.51. The Morgan fingerprint density at radius 1 is 0.793 bits per heavy atom. The standard InChI is InChI=1S/C23H17NO4S/c1-27-18-9-6-16-13-19(10-7-15(16)12-18)29(25,26)24-17-8-11-21-20-4-2-3-5-22(20)28-23(21)14-17/h2-14,24H,1H3. The van der Waals surface area contributed by atoms with Crippen LogP contribution in [0.1, 0.15) is 0 Å². The Balaban J connectivity index is 1.51. The molecule has 0 unspecified atom stereocenters. The maximum absolute atomic E-state index is 12.9. The van der Waals surface area contributed by atoms with Gasteiger partial charge in [-0.05, 0) is 53.2 Å². The molecule has 29 heavy (non-hydrogen) atoms. The molecule has 0 saturated carbocycles. The van der Waals surface area contributed by atoms with Crippen LogP contribution in [0.3, 0.4) is 0 Å². The molecule has 5 rings (SSSR count). The molecule has 0 fully saturated rings. The van der Waals surface area contributed by atoms with Crippen LogP contribution in [-0.4, -0.2) is 15.5 Å². The summed E-state index contributed by atoms with van der Waals surface area (Å²) in [6, 6.07) is 23.6. The smallest absolute Gasteiger partial charge is 0.261 e. The minimum Gasteiger partial charge on any atom is -0.497 e. The van der Waals surface area contributed by atoms with E-state index in [2.05, 4.69) is 4.72 Å². The highest BCUT2D eigenvalue weighted by Crippen LogP contribution is 2.31. The summed E-state index contributed by atoms with van der Waals surface area (Å²) in [5.74, 6) is 0.727. The van der Waals surface area contributed by atoms with Gasteiger partial charge in [-0.3, -0.25) is 4.72 Å². The summed E-state index contributed by atoms with van der Waals surface area (Å²) in [5, 5.41) is 3.68. The van der Waals surface area contributed by atoms with Gasteiger partial charge in [-0.2, -0.15) is 0 Å². The van der Waals surface area contributed by atoms with Crippen LogP contribution in [0.25, 0.3) is 32.7 Å². The Morgan fingerprint density at radius 3 is 2.41 bits per heavy atom. The summed E-state index contributed by atoms with van der Waals surface area (Å²) in [7, 11) is -2.14. The molecule has 0 amide bonds. The average molecular weight is 403 g/mol. The second kappa shape index (κ2) is 6.53. The quantitative estimate of drug-likeness (QED) is 0.427. The number of sulfonamides is 1. The first kappa shape index (κ1) is 17.6. The van der Waals surface area contributed by atoms with Crippen molar-refractivity contribution >= 4 is 48.4 Å². The number of furan rings is 1. The van der Waals surface area contributed by atoms with E-state index >= 15 is 0 Å². The molecule has 4 aromatic carbocycles. The molecule has 0 radical (unpaired) electrons. The third-order valence-electron chi connectivity index (χ3n) is 4.96. The second-order valence-corrected chi connectivity index (χ2v) is 8.47. The SMILES string of the molecule is COc1ccc2cc(S(=O)(=O)Nc3ccc4c(c3)oc3ccccc34)ccc2c1. The fourth-order valence-electron chi connectivity index (χ4n) is 3.50. The Kier molecular flexibility index (Phi) is 3.96. The Bertz CT molecular complexity index is 1490. The van der Waals surface area contributed by atoms with E-state index in [1.807, 2.05) is 48.5 Å². The zero-order chi connectivity index (χ0) is 20.0. The fourth-order valence-corrected chi connectivity index (χ4v) is 4.58. The molecule has 5 nitrogen and oxygen atoms in total. The van der Waals surface area contributed by atoms with Crippen LogP contribution < -0.4 is 9.46 Å². The van der Waals surface area contributed by atoms with Gasteiger partial charge in [0, 0.05) is 16.8 Å². The van der Waals surface area contributed by atoms with Gasteiger partial charge in [0.2, 0.25) is 0 Å². The number of nitrogens with one attached hydrogen (secondary N) is 1. The van der Waals surface area contributed by atoms with Crippen molar-refractivity contribution in [1.29, 1.82) is 0 Å². The van der Waals surface area contributed by atoms with Gasteiger partial charge in [-0.25, -0.2) is 8.42 Å². The van der Waals surface area contributed by atoms with E-state index in [0.29, 0.717) is 11.3 Å². The third-order valence-corrected chi connectivity index (χ3v) is 6.34. The number of hydrogen-bond acceptors (Lipinski definition) is 4. The second-order valence-electron chi connectivity index (χ2n) is 6.79. The van der Waals surface area contributed by atoms with Gasteiger partial charge < -0.3 is 9.15 Å². The molecule has 144 valence electrons. The van der Waals surface area contributed by atoms with Gasteiger partial charge in [0.1, 0.15) is 16.9 Å². The van der Waals surface area contributed by atoms with Crippen LogP contribution in [0.2, 0.25) is 0 Å². The number of fused-ring (bicyclic) bond motifs is 4. The number of ether oxygens (including phenoxy) is 1.